The highest BCUT2D eigenvalue weighted by atomic mass is 32.2. The SMILES string of the molecule is COC1CSC2(C1)CN(C(=O)c1cn(C)c3ccccc13)C2. The van der Waals surface area contributed by atoms with E-state index in [0.717, 1.165) is 41.7 Å². The van der Waals surface area contributed by atoms with Gasteiger partial charge in [0.1, 0.15) is 0 Å². The number of carbonyl (C=O) groups is 1. The fourth-order valence-electron chi connectivity index (χ4n) is 3.65. The van der Waals surface area contributed by atoms with Crippen LogP contribution in [0.15, 0.2) is 30.5 Å². The van der Waals surface area contributed by atoms with Crippen LogP contribution >= 0.6 is 11.8 Å². The summed E-state index contributed by atoms with van der Waals surface area (Å²) in [6.45, 7) is 1.69. The molecule has 2 aliphatic rings. The van der Waals surface area contributed by atoms with Crippen molar-refractivity contribution in [2.45, 2.75) is 17.3 Å². The number of methoxy groups -OCH3 is 1. The van der Waals surface area contributed by atoms with Gasteiger partial charge in [-0.2, -0.15) is 0 Å². The average molecular weight is 316 g/mol. The van der Waals surface area contributed by atoms with Gasteiger partial charge in [0.15, 0.2) is 0 Å². The van der Waals surface area contributed by atoms with Crippen molar-refractivity contribution >= 4 is 28.6 Å². The minimum atomic E-state index is 0.156. The van der Waals surface area contributed by atoms with Gasteiger partial charge in [0.2, 0.25) is 0 Å². The number of likely N-dealkylation sites (tertiary alicyclic amines) is 1. The normalized spacial score (nSPS) is 23.2. The number of para-hydroxylation sites is 1. The van der Waals surface area contributed by atoms with Crippen molar-refractivity contribution in [2.75, 3.05) is 26.0 Å². The summed E-state index contributed by atoms with van der Waals surface area (Å²) in [5.41, 5.74) is 1.93. The first-order valence-corrected chi connectivity index (χ1v) is 8.60. The van der Waals surface area contributed by atoms with Crippen molar-refractivity contribution in [2.24, 2.45) is 7.05 Å². The maximum Gasteiger partial charge on any atom is 0.256 e. The number of benzene rings is 1. The molecule has 2 fully saturated rings. The molecular formula is C17H20N2O2S. The third kappa shape index (κ3) is 2.07. The van der Waals surface area contributed by atoms with Crippen molar-refractivity contribution in [3.05, 3.63) is 36.0 Å². The summed E-state index contributed by atoms with van der Waals surface area (Å²) >= 11 is 1.97. The van der Waals surface area contributed by atoms with E-state index in [4.69, 9.17) is 4.74 Å². The molecule has 116 valence electrons. The molecule has 5 heteroatoms. The summed E-state index contributed by atoms with van der Waals surface area (Å²) < 4.78 is 7.72. The van der Waals surface area contributed by atoms with Gasteiger partial charge in [-0.1, -0.05) is 18.2 Å². The van der Waals surface area contributed by atoms with E-state index < -0.39 is 0 Å². The van der Waals surface area contributed by atoms with Crippen molar-refractivity contribution in [3.8, 4) is 0 Å². The lowest BCUT2D eigenvalue weighted by Crippen LogP contribution is -2.60. The molecule has 0 saturated carbocycles. The van der Waals surface area contributed by atoms with Crippen molar-refractivity contribution in [1.29, 1.82) is 0 Å². The molecule has 4 nitrogen and oxygen atoms in total. The Morgan fingerprint density at radius 3 is 2.86 bits per heavy atom. The molecule has 1 atom stereocenters. The number of ether oxygens (including phenoxy) is 1. The van der Waals surface area contributed by atoms with E-state index in [1.54, 1.807) is 7.11 Å². The third-order valence-electron chi connectivity index (χ3n) is 4.88. The smallest absolute Gasteiger partial charge is 0.256 e. The number of fused-ring (bicyclic) bond motifs is 1. The fourth-order valence-corrected chi connectivity index (χ4v) is 5.24. The Bertz CT molecular complexity index is 733. The second-order valence-corrected chi connectivity index (χ2v) is 7.88. The summed E-state index contributed by atoms with van der Waals surface area (Å²) in [7, 11) is 3.77. The molecule has 0 N–H and O–H groups in total. The van der Waals surface area contributed by atoms with E-state index in [9.17, 15) is 4.79 Å². The molecule has 22 heavy (non-hydrogen) atoms. The van der Waals surface area contributed by atoms with Crippen LogP contribution in [0.5, 0.6) is 0 Å². The summed E-state index contributed by atoms with van der Waals surface area (Å²) in [6, 6.07) is 8.09. The Morgan fingerprint density at radius 1 is 1.36 bits per heavy atom. The number of carbonyl (C=O) groups excluding carboxylic acids is 1. The van der Waals surface area contributed by atoms with E-state index >= 15 is 0 Å². The first-order chi connectivity index (χ1) is 10.6. The molecule has 3 heterocycles. The highest BCUT2D eigenvalue weighted by Crippen LogP contribution is 2.46. The lowest BCUT2D eigenvalue weighted by molar-refractivity contribution is 0.0453. The van der Waals surface area contributed by atoms with Gasteiger partial charge in [0.25, 0.3) is 5.91 Å². The minimum absolute atomic E-state index is 0.156. The van der Waals surface area contributed by atoms with Gasteiger partial charge in [0.05, 0.1) is 16.4 Å². The molecular weight excluding hydrogens is 296 g/mol. The molecule has 2 saturated heterocycles. The van der Waals surface area contributed by atoms with Crippen LogP contribution in [0, 0.1) is 0 Å². The van der Waals surface area contributed by atoms with Crippen molar-refractivity contribution in [1.82, 2.24) is 9.47 Å². The molecule has 1 aromatic carbocycles. The van der Waals surface area contributed by atoms with E-state index in [-0.39, 0.29) is 10.7 Å². The first kappa shape index (κ1) is 14.2. The second kappa shape index (κ2) is 5.03. The monoisotopic (exact) mass is 316 g/mol. The van der Waals surface area contributed by atoms with Crippen molar-refractivity contribution < 1.29 is 9.53 Å². The number of amides is 1. The Kier molecular flexibility index (Phi) is 3.24. The summed E-state index contributed by atoms with van der Waals surface area (Å²) in [6.07, 6.45) is 3.37. The Labute approximate surface area is 134 Å². The Balaban J connectivity index is 1.54. The lowest BCUT2D eigenvalue weighted by Gasteiger charge is -2.47. The van der Waals surface area contributed by atoms with Gasteiger partial charge in [-0.05, 0) is 12.5 Å². The molecule has 1 amide bonds. The van der Waals surface area contributed by atoms with Crippen LogP contribution in [0.4, 0.5) is 0 Å². The van der Waals surface area contributed by atoms with Crippen LogP contribution in [0.25, 0.3) is 10.9 Å². The lowest BCUT2D eigenvalue weighted by atomic mass is 9.92. The Hall–Kier alpha value is -1.46. The zero-order chi connectivity index (χ0) is 15.3. The first-order valence-electron chi connectivity index (χ1n) is 7.62. The molecule has 4 rings (SSSR count). The highest BCUT2D eigenvalue weighted by Gasteiger charge is 2.51. The highest BCUT2D eigenvalue weighted by molar-refractivity contribution is 8.01. The van der Waals surface area contributed by atoms with Crippen LogP contribution in [-0.2, 0) is 11.8 Å². The number of hydrogen-bond acceptors (Lipinski definition) is 3. The zero-order valence-corrected chi connectivity index (χ0v) is 13.7. The van der Waals surface area contributed by atoms with Gasteiger partial charge in [-0.15, -0.1) is 11.8 Å². The van der Waals surface area contributed by atoms with Crippen LogP contribution in [-0.4, -0.2) is 52.2 Å². The van der Waals surface area contributed by atoms with Gasteiger partial charge < -0.3 is 14.2 Å². The van der Waals surface area contributed by atoms with Crippen molar-refractivity contribution in [3.63, 3.8) is 0 Å². The van der Waals surface area contributed by atoms with Crippen LogP contribution < -0.4 is 0 Å². The summed E-state index contributed by atoms with van der Waals surface area (Å²) in [4.78, 5) is 14.8. The average Bonchev–Trinajstić information content (AvgIpc) is 3.08. The number of hydrogen-bond donors (Lipinski definition) is 0. The van der Waals surface area contributed by atoms with E-state index in [1.165, 1.54) is 0 Å². The molecule has 2 aromatic rings. The van der Waals surface area contributed by atoms with Gasteiger partial charge in [0, 0.05) is 50.1 Å². The Morgan fingerprint density at radius 2 is 2.14 bits per heavy atom. The molecule has 0 bridgehead atoms. The number of rotatable bonds is 2. The number of aromatic nitrogens is 1. The predicted molar refractivity (Wildman–Crippen MR) is 89.4 cm³/mol. The van der Waals surface area contributed by atoms with Gasteiger partial charge in [-0.25, -0.2) is 0 Å². The van der Waals surface area contributed by atoms with Crippen LogP contribution in [0.3, 0.4) is 0 Å². The number of thioether (sulfide) groups is 1. The molecule has 0 radical (unpaired) electrons. The summed E-state index contributed by atoms with van der Waals surface area (Å²) in [5, 5.41) is 1.05. The maximum absolute atomic E-state index is 12.8. The fraction of sp³-hybridized carbons (Fsp3) is 0.471. The topological polar surface area (TPSA) is 34.5 Å². The van der Waals surface area contributed by atoms with E-state index in [2.05, 4.69) is 6.07 Å². The molecule has 2 aliphatic heterocycles. The van der Waals surface area contributed by atoms with Gasteiger partial charge in [-0.3, -0.25) is 4.79 Å². The quantitative estimate of drug-likeness (QED) is 0.854. The summed E-state index contributed by atoms with van der Waals surface area (Å²) in [5.74, 6) is 1.20. The van der Waals surface area contributed by atoms with E-state index in [1.807, 2.05) is 52.7 Å². The standard InChI is InChI=1S/C17H20N2O2S/c1-18-8-14(13-5-3-4-6-15(13)18)16(20)19-10-17(11-19)7-12(21-2)9-22-17/h3-6,8,12H,7,9-11H2,1-2H3. The zero-order valence-electron chi connectivity index (χ0n) is 12.9. The maximum atomic E-state index is 12.8. The molecule has 1 spiro atoms. The predicted octanol–water partition coefficient (Wildman–Crippen LogP) is 2.52. The number of nitrogens with zero attached hydrogens (tertiary/aromatic N) is 2. The van der Waals surface area contributed by atoms with Crippen LogP contribution in [0.1, 0.15) is 16.8 Å². The second-order valence-electron chi connectivity index (χ2n) is 6.39. The van der Waals surface area contributed by atoms with Crippen LogP contribution in [0.2, 0.25) is 0 Å². The molecule has 0 aliphatic carbocycles. The van der Waals surface area contributed by atoms with E-state index in [0.29, 0.717) is 6.10 Å². The largest absolute Gasteiger partial charge is 0.381 e. The van der Waals surface area contributed by atoms with Gasteiger partial charge >= 0.3 is 0 Å². The molecule has 1 aromatic heterocycles. The minimum Gasteiger partial charge on any atom is -0.381 e. The number of aryl methyl sites for hydroxylation is 1. The molecule has 1 unspecified atom stereocenters. The third-order valence-corrected chi connectivity index (χ3v) is 6.46.